The Balaban J connectivity index is 1.07. The molecule has 196 valence electrons. The van der Waals surface area contributed by atoms with Gasteiger partial charge in [-0.15, -0.1) is 0 Å². The molecular formula is C29H32N6O3. The fourth-order valence-corrected chi connectivity index (χ4v) is 7.06. The van der Waals surface area contributed by atoms with Crippen molar-refractivity contribution < 1.29 is 14.3 Å². The molecule has 3 aliphatic rings. The molecule has 1 saturated carbocycles. The van der Waals surface area contributed by atoms with E-state index >= 15 is 0 Å². The Hall–Kier alpha value is -3.88. The van der Waals surface area contributed by atoms with Gasteiger partial charge in [-0.2, -0.15) is 15.4 Å². The fraction of sp³-hybridized carbons (Fsp3) is 0.448. The van der Waals surface area contributed by atoms with Crippen LogP contribution in [-0.2, 0) is 6.54 Å². The number of H-pyrrole nitrogens is 1. The highest BCUT2D eigenvalue weighted by Crippen LogP contribution is 2.54. The smallest absolute Gasteiger partial charge is 0.254 e. The number of aromatic nitrogens is 4. The number of benzene rings is 2. The minimum absolute atomic E-state index is 0.0269. The Morgan fingerprint density at radius 1 is 0.895 bits per heavy atom. The highest BCUT2D eigenvalue weighted by molar-refractivity contribution is 6.00. The van der Waals surface area contributed by atoms with E-state index in [1.54, 1.807) is 0 Å². The zero-order valence-electron chi connectivity index (χ0n) is 21.9. The van der Waals surface area contributed by atoms with E-state index in [2.05, 4.69) is 39.2 Å². The van der Waals surface area contributed by atoms with Crippen LogP contribution in [0.5, 0.6) is 5.75 Å². The summed E-state index contributed by atoms with van der Waals surface area (Å²) < 4.78 is 8.27. The predicted molar refractivity (Wildman–Crippen MR) is 143 cm³/mol. The SMILES string of the molecule is CCn1ccc2c(OC(C)C)cc(C(=O)N3CC4C(C3)[C@@H]3CN(C(=O)c5ccc6n[nH]nc6c5)C[C@H]43)cc21. The first kappa shape index (κ1) is 23.3. The lowest BCUT2D eigenvalue weighted by atomic mass is 9.60. The number of amides is 2. The second-order valence-corrected chi connectivity index (χ2v) is 11.3. The number of ether oxygens (including phenoxy) is 1. The van der Waals surface area contributed by atoms with Crippen molar-refractivity contribution in [2.45, 2.75) is 33.4 Å². The quantitative estimate of drug-likeness (QED) is 0.439. The van der Waals surface area contributed by atoms with Crippen LogP contribution >= 0.6 is 0 Å². The second-order valence-electron chi connectivity index (χ2n) is 11.3. The molecule has 1 aliphatic carbocycles. The van der Waals surface area contributed by atoms with E-state index in [1.807, 2.05) is 54.0 Å². The molecule has 0 spiro atoms. The maximum Gasteiger partial charge on any atom is 0.254 e. The lowest BCUT2D eigenvalue weighted by Crippen LogP contribution is -2.44. The molecule has 4 heterocycles. The van der Waals surface area contributed by atoms with Crippen molar-refractivity contribution in [1.82, 2.24) is 29.8 Å². The minimum Gasteiger partial charge on any atom is -0.490 e. The van der Waals surface area contributed by atoms with Gasteiger partial charge in [0, 0.05) is 55.4 Å². The Bertz CT molecular complexity index is 1550. The van der Waals surface area contributed by atoms with Gasteiger partial charge in [-0.1, -0.05) is 0 Å². The molecule has 2 unspecified atom stereocenters. The van der Waals surface area contributed by atoms with Crippen LogP contribution in [0.2, 0.25) is 0 Å². The van der Waals surface area contributed by atoms with E-state index < -0.39 is 0 Å². The number of nitrogens with one attached hydrogen (secondary N) is 1. The molecule has 7 rings (SSSR count). The summed E-state index contributed by atoms with van der Waals surface area (Å²) in [5, 5.41) is 11.8. The Kier molecular flexibility index (Phi) is 5.25. The largest absolute Gasteiger partial charge is 0.490 e. The number of carbonyl (C=O) groups is 2. The van der Waals surface area contributed by atoms with Gasteiger partial charge in [-0.3, -0.25) is 9.59 Å². The number of likely N-dealkylation sites (tertiary alicyclic amines) is 2. The molecule has 9 heteroatoms. The summed E-state index contributed by atoms with van der Waals surface area (Å²) in [6, 6.07) is 11.5. The van der Waals surface area contributed by atoms with Crippen molar-refractivity contribution in [3.63, 3.8) is 0 Å². The first-order valence-corrected chi connectivity index (χ1v) is 13.6. The van der Waals surface area contributed by atoms with Gasteiger partial charge in [0.1, 0.15) is 16.8 Å². The van der Waals surface area contributed by atoms with E-state index in [9.17, 15) is 9.59 Å². The van der Waals surface area contributed by atoms with Crippen molar-refractivity contribution >= 4 is 33.8 Å². The van der Waals surface area contributed by atoms with Gasteiger partial charge >= 0.3 is 0 Å². The van der Waals surface area contributed by atoms with Crippen LogP contribution in [0.15, 0.2) is 42.6 Å². The van der Waals surface area contributed by atoms with Crippen LogP contribution in [0.1, 0.15) is 41.5 Å². The number of hydrogen-bond donors (Lipinski definition) is 1. The minimum atomic E-state index is 0.0269. The summed E-state index contributed by atoms with van der Waals surface area (Å²) in [6.45, 7) is 9.98. The number of hydrogen-bond acceptors (Lipinski definition) is 5. The van der Waals surface area contributed by atoms with Gasteiger partial charge in [-0.25, -0.2) is 0 Å². The van der Waals surface area contributed by atoms with Gasteiger partial charge in [-0.05, 0) is 80.8 Å². The zero-order chi connectivity index (χ0) is 26.1. The second kappa shape index (κ2) is 8.58. The Labute approximate surface area is 220 Å². The predicted octanol–water partition coefficient (Wildman–Crippen LogP) is 3.81. The maximum absolute atomic E-state index is 13.7. The standard InChI is InChI=1S/C29H32N6O3/c1-4-33-8-7-19-26(33)10-18(11-27(19)38-16(2)3)29(37)35-14-22-20-12-34(13-21(20)23(22)15-35)28(36)17-5-6-24-25(9-17)31-32-30-24/h5-11,16,20-23H,4,12-15H2,1-3H3,(H,30,31,32)/t20-,21+,22?,23?. The highest BCUT2D eigenvalue weighted by atomic mass is 16.5. The van der Waals surface area contributed by atoms with E-state index in [1.165, 1.54) is 0 Å². The zero-order valence-corrected chi connectivity index (χ0v) is 21.9. The number of rotatable bonds is 5. The molecule has 9 nitrogen and oxygen atoms in total. The summed E-state index contributed by atoms with van der Waals surface area (Å²) in [5.74, 6) is 2.72. The fourth-order valence-electron chi connectivity index (χ4n) is 7.06. The first-order valence-electron chi connectivity index (χ1n) is 13.6. The van der Waals surface area contributed by atoms with Crippen molar-refractivity contribution in [3.05, 3.63) is 53.7 Å². The Morgan fingerprint density at radius 3 is 2.16 bits per heavy atom. The van der Waals surface area contributed by atoms with E-state index in [0.717, 1.165) is 54.9 Å². The van der Waals surface area contributed by atoms with E-state index in [-0.39, 0.29) is 17.9 Å². The van der Waals surface area contributed by atoms with Gasteiger partial charge in [0.15, 0.2) is 0 Å². The third-order valence-electron chi connectivity index (χ3n) is 8.86. The average molecular weight is 513 g/mol. The van der Waals surface area contributed by atoms with Crippen LogP contribution in [0.25, 0.3) is 21.9 Å². The molecule has 2 amide bonds. The first-order chi connectivity index (χ1) is 18.4. The number of aryl methyl sites for hydroxylation is 1. The molecule has 4 atom stereocenters. The lowest BCUT2D eigenvalue weighted by Gasteiger charge is -2.42. The van der Waals surface area contributed by atoms with Crippen molar-refractivity contribution in [3.8, 4) is 5.75 Å². The average Bonchev–Trinajstić information content (AvgIpc) is 3.69. The molecule has 0 bridgehead atoms. The molecule has 2 aromatic carbocycles. The monoisotopic (exact) mass is 512 g/mol. The molecule has 4 aromatic rings. The third kappa shape index (κ3) is 3.51. The summed E-state index contributed by atoms with van der Waals surface area (Å²) >= 11 is 0. The van der Waals surface area contributed by atoms with Crippen LogP contribution < -0.4 is 4.74 Å². The van der Waals surface area contributed by atoms with Gasteiger partial charge < -0.3 is 19.1 Å². The van der Waals surface area contributed by atoms with Crippen LogP contribution in [0.3, 0.4) is 0 Å². The summed E-state index contributed by atoms with van der Waals surface area (Å²) in [7, 11) is 0. The number of nitrogens with zero attached hydrogens (tertiary/aromatic N) is 5. The Morgan fingerprint density at radius 2 is 1.53 bits per heavy atom. The summed E-state index contributed by atoms with van der Waals surface area (Å²) in [4.78, 5) is 31.0. The van der Waals surface area contributed by atoms with Crippen molar-refractivity contribution in [1.29, 1.82) is 0 Å². The van der Waals surface area contributed by atoms with E-state index in [4.69, 9.17) is 4.74 Å². The normalized spacial score (nSPS) is 24.2. The summed E-state index contributed by atoms with van der Waals surface area (Å²) in [5.41, 5.74) is 3.84. The van der Waals surface area contributed by atoms with Crippen molar-refractivity contribution in [2.75, 3.05) is 26.2 Å². The molecule has 2 aromatic heterocycles. The molecule has 2 aliphatic heterocycles. The molecule has 3 fully saturated rings. The van der Waals surface area contributed by atoms with Gasteiger partial charge in [0.25, 0.3) is 11.8 Å². The third-order valence-corrected chi connectivity index (χ3v) is 8.86. The number of aromatic amines is 1. The van der Waals surface area contributed by atoms with Crippen molar-refractivity contribution in [2.24, 2.45) is 23.7 Å². The topological polar surface area (TPSA) is 96.4 Å². The lowest BCUT2D eigenvalue weighted by molar-refractivity contribution is 0.0629. The number of fused-ring (bicyclic) bond motifs is 6. The molecule has 0 radical (unpaired) electrons. The van der Waals surface area contributed by atoms with Crippen LogP contribution in [0.4, 0.5) is 0 Å². The van der Waals surface area contributed by atoms with Crippen LogP contribution in [-0.4, -0.2) is 73.9 Å². The summed E-state index contributed by atoms with van der Waals surface area (Å²) in [6.07, 6.45) is 2.08. The molecular weight excluding hydrogens is 480 g/mol. The van der Waals surface area contributed by atoms with Gasteiger partial charge in [0.2, 0.25) is 0 Å². The number of carbonyl (C=O) groups excluding carboxylic acids is 2. The van der Waals surface area contributed by atoms with Gasteiger partial charge in [0.05, 0.1) is 11.6 Å². The molecule has 1 N–H and O–H groups in total. The maximum atomic E-state index is 13.7. The van der Waals surface area contributed by atoms with Crippen LogP contribution in [0, 0.1) is 23.7 Å². The highest BCUT2D eigenvalue weighted by Gasteiger charge is 2.59. The molecule has 38 heavy (non-hydrogen) atoms. The molecule has 2 saturated heterocycles. The van der Waals surface area contributed by atoms with E-state index in [0.29, 0.717) is 40.3 Å².